The van der Waals surface area contributed by atoms with Gasteiger partial charge in [0.25, 0.3) is 0 Å². The molecule has 0 bridgehead atoms. The Morgan fingerprint density at radius 2 is 1.89 bits per heavy atom. The van der Waals surface area contributed by atoms with E-state index in [9.17, 15) is 26.0 Å². The lowest BCUT2D eigenvalue weighted by Crippen LogP contribution is -2.54. The van der Waals surface area contributed by atoms with Gasteiger partial charge in [0, 0.05) is 5.56 Å². The summed E-state index contributed by atoms with van der Waals surface area (Å²) >= 11 is 0. The van der Waals surface area contributed by atoms with Gasteiger partial charge >= 0.3 is 6.18 Å². The van der Waals surface area contributed by atoms with E-state index in [1.807, 2.05) is 0 Å². The number of alkyl halides is 3. The molecule has 2 rings (SSSR count). The molecule has 100 valence electrons. The van der Waals surface area contributed by atoms with Gasteiger partial charge < -0.3 is 5.73 Å². The summed E-state index contributed by atoms with van der Waals surface area (Å²) in [4.78, 5) is -0.546. The quantitative estimate of drug-likeness (QED) is 0.582. The third kappa shape index (κ3) is 1.79. The van der Waals surface area contributed by atoms with Gasteiger partial charge in [0.15, 0.2) is 9.84 Å². The van der Waals surface area contributed by atoms with Crippen molar-refractivity contribution in [2.75, 3.05) is 5.75 Å². The summed E-state index contributed by atoms with van der Waals surface area (Å²) in [5.74, 6) is -1.66. The molecule has 1 unspecified atom stereocenters. The normalized spacial score (nSPS) is 26.7. The monoisotopic (exact) mass is 283 g/mol. The van der Waals surface area contributed by atoms with Gasteiger partial charge in [0.2, 0.25) is 0 Å². The van der Waals surface area contributed by atoms with Crippen molar-refractivity contribution in [3.05, 3.63) is 29.6 Å². The van der Waals surface area contributed by atoms with E-state index in [0.29, 0.717) is 6.07 Å². The van der Waals surface area contributed by atoms with Crippen LogP contribution in [-0.2, 0) is 15.4 Å². The zero-order valence-electron chi connectivity index (χ0n) is 8.96. The smallest absolute Gasteiger partial charge is 0.314 e. The van der Waals surface area contributed by atoms with Gasteiger partial charge in [0.1, 0.15) is 11.4 Å². The summed E-state index contributed by atoms with van der Waals surface area (Å²) in [6, 6.07) is 2.17. The van der Waals surface area contributed by atoms with E-state index in [-0.39, 0.29) is 0 Å². The van der Waals surface area contributed by atoms with Crippen LogP contribution in [0.2, 0.25) is 0 Å². The summed E-state index contributed by atoms with van der Waals surface area (Å²) in [6.45, 7) is 0. The lowest BCUT2D eigenvalue weighted by molar-refractivity contribution is -0.191. The number of hydrogen-bond acceptors (Lipinski definition) is 3. The van der Waals surface area contributed by atoms with Gasteiger partial charge in [-0.3, -0.25) is 0 Å². The third-order valence-electron chi connectivity index (χ3n) is 3.03. The van der Waals surface area contributed by atoms with Crippen LogP contribution in [-0.4, -0.2) is 20.3 Å². The van der Waals surface area contributed by atoms with Crippen LogP contribution in [0, 0.1) is 5.82 Å². The predicted molar refractivity (Wildman–Crippen MR) is 55.0 cm³/mol. The van der Waals surface area contributed by atoms with Crippen molar-refractivity contribution in [2.45, 2.75) is 23.0 Å². The van der Waals surface area contributed by atoms with Crippen molar-refractivity contribution in [2.24, 2.45) is 5.73 Å². The molecule has 1 atom stereocenters. The van der Waals surface area contributed by atoms with Crippen LogP contribution >= 0.6 is 0 Å². The van der Waals surface area contributed by atoms with Crippen LogP contribution in [0.25, 0.3) is 0 Å². The third-order valence-corrected chi connectivity index (χ3v) is 4.80. The standard InChI is InChI=1S/C10H9F4NO2S/c11-6-1-2-8-7(5-6)9(15,10(12,13)14)3-4-18(8,16)17/h1-2,5H,3-4,15H2. The van der Waals surface area contributed by atoms with Crippen LogP contribution in [0.15, 0.2) is 23.1 Å². The first kappa shape index (κ1) is 13.3. The molecular weight excluding hydrogens is 274 g/mol. The molecule has 0 saturated carbocycles. The topological polar surface area (TPSA) is 60.2 Å². The Morgan fingerprint density at radius 3 is 2.44 bits per heavy atom. The van der Waals surface area contributed by atoms with E-state index in [2.05, 4.69) is 0 Å². The number of halogens is 4. The number of hydrogen-bond donors (Lipinski definition) is 1. The van der Waals surface area contributed by atoms with Crippen molar-refractivity contribution >= 4 is 9.84 Å². The molecule has 1 aliphatic heterocycles. The fourth-order valence-electron chi connectivity index (χ4n) is 1.96. The lowest BCUT2D eigenvalue weighted by Gasteiger charge is -2.36. The maximum absolute atomic E-state index is 13.1. The van der Waals surface area contributed by atoms with Gasteiger partial charge in [-0.25, -0.2) is 12.8 Å². The molecule has 8 heteroatoms. The van der Waals surface area contributed by atoms with E-state index in [1.54, 1.807) is 0 Å². The average molecular weight is 283 g/mol. The number of rotatable bonds is 0. The molecule has 0 fully saturated rings. The minimum absolute atomic E-state index is 0.541. The molecule has 18 heavy (non-hydrogen) atoms. The van der Waals surface area contributed by atoms with Crippen LogP contribution in [0.1, 0.15) is 12.0 Å². The molecule has 0 saturated heterocycles. The van der Waals surface area contributed by atoms with Gasteiger partial charge in [-0.05, 0) is 24.6 Å². The largest absolute Gasteiger partial charge is 0.410 e. The molecule has 0 aliphatic carbocycles. The summed E-state index contributed by atoms with van der Waals surface area (Å²) in [7, 11) is -3.84. The molecule has 3 nitrogen and oxygen atoms in total. The highest BCUT2D eigenvalue weighted by molar-refractivity contribution is 7.91. The second kappa shape index (κ2) is 3.67. The number of sulfone groups is 1. The molecule has 1 aliphatic rings. The van der Waals surface area contributed by atoms with Gasteiger partial charge in [-0.15, -0.1) is 0 Å². The van der Waals surface area contributed by atoms with Crippen molar-refractivity contribution in [1.29, 1.82) is 0 Å². The number of nitrogens with two attached hydrogens (primary N) is 1. The fraction of sp³-hybridized carbons (Fsp3) is 0.400. The molecule has 0 amide bonds. The lowest BCUT2D eigenvalue weighted by atomic mass is 9.87. The Kier molecular flexibility index (Phi) is 2.71. The summed E-state index contributed by atoms with van der Waals surface area (Å²) < 4.78 is 75.2. The first-order chi connectivity index (χ1) is 8.08. The average Bonchev–Trinajstić information content (AvgIpc) is 2.22. The summed E-state index contributed by atoms with van der Waals surface area (Å²) in [6.07, 6.45) is -5.65. The van der Waals surface area contributed by atoms with E-state index in [1.165, 1.54) is 0 Å². The highest BCUT2D eigenvalue weighted by Crippen LogP contribution is 2.45. The predicted octanol–water partition coefficient (Wildman–Crippen LogP) is 1.72. The Bertz CT molecular complexity index is 596. The first-order valence-corrected chi connectivity index (χ1v) is 6.61. The minimum Gasteiger partial charge on any atom is -0.314 e. The second-order valence-corrected chi connectivity index (χ2v) is 6.26. The second-order valence-electron chi connectivity index (χ2n) is 4.18. The van der Waals surface area contributed by atoms with Crippen LogP contribution < -0.4 is 5.73 Å². The molecule has 2 N–H and O–H groups in total. The molecule has 0 aromatic heterocycles. The number of fused-ring (bicyclic) bond motifs is 1. The maximum Gasteiger partial charge on any atom is 0.410 e. The Morgan fingerprint density at radius 1 is 1.28 bits per heavy atom. The van der Waals surface area contributed by atoms with E-state index >= 15 is 0 Å². The first-order valence-electron chi connectivity index (χ1n) is 4.96. The van der Waals surface area contributed by atoms with Crippen LogP contribution in [0.3, 0.4) is 0 Å². The Labute approximate surface area is 101 Å². The van der Waals surface area contributed by atoms with Crippen molar-refractivity contribution in [3.63, 3.8) is 0 Å². The van der Waals surface area contributed by atoms with Gasteiger partial charge in [-0.1, -0.05) is 0 Å². The van der Waals surface area contributed by atoms with E-state index in [4.69, 9.17) is 5.73 Å². The Hall–Kier alpha value is -1.15. The molecule has 0 spiro atoms. The zero-order chi connectivity index (χ0) is 13.8. The zero-order valence-corrected chi connectivity index (χ0v) is 9.78. The van der Waals surface area contributed by atoms with Crippen LogP contribution in [0.4, 0.5) is 17.6 Å². The summed E-state index contributed by atoms with van der Waals surface area (Å²) in [5.41, 5.74) is 1.74. The molecule has 1 heterocycles. The van der Waals surface area contributed by atoms with Gasteiger partial charge in [0.05, 0.1) is 10.6 Å². The molecular formula is C10H9F4NO2S. The van der Waals surface area contributed by atoms with Crippen molar-refractivity contribution in [3.8, 4) is 0 Å². The molecule has 1 aromatic carbocycles. The van der Waals surface area contributed by atoms with E-state index < -0.39 is 50.0 Å². The van der Waals surface area contributed by atoms with Crippen molar-refractivity contribution < 1.29 is 26.0 Å². The minimum atomic E-state index is -4.84. The van der Waals surface area contributed by atoms with Gasteiger partial charge in [-0.2, -0.15) is 13.2 Å². The fourth-order valence-corrected chi connectivity index (χ4v) is 3.62. The molecule has 1 aromatic rings. The SMILES string of the molecule is NC1(C(F)(F)F)CCS(=O)(=O)c2ccc(F)cc21. The maximum atomic E-state index is 13.1. The van der Waals surface area contributed by atoms with E-state index in [0.717, 1.165) is 12.1 Å². The highest BCUT2D eigenvalue weighted by atomic mass is 32.2. The van der Waals surface area contributed by atoms with Crippen LogP contribution in [0.5, 0.6) is 0 Å². The Balaban J connectivity index is 2.77. The molecule has 0 radical (unpaired) electrons. The number of benzene rings is 1. The highest BCUT2D eigenvalue weighted by Gasteiger charge is 2.57. The van der Waals surface area contributed by atoms with Crippen molar-refractivity contribution in [1.82, 2.24) is 0 Å². The summed E-state index contributed by atoms with van der Waals surface area (Å²) in [5, 5.41) is 0.